The molecule has 2 atom stereocenters. The molecular weight excluding hydrogens is 358 g/mol. The Morgan fingerprint density at radius 2 is 2.12 bits per heavy atom. The average Bonchev–Trinajstić information content (AvgIpc) is 3.11. The number of rotatable bonds is 8. The van der Waals surface area contributed by atoms with Gasteiger partial charge in [0.2, 0.25) is 11.8 Å². The molecule has 3 rings (SSSR count). The lowest BCUT2D eigenvalue weighted by Gasteiger charge is -2.27. The van der Waals surface area contributed by atoms with E-state index in [0.717, 1.165) is 0 Å². The number of piperidine rings is 1. The van der Waals surface area contributed by atoms with Crippen molar-refractivity contribution in [3.8, 4) is 0 Å². The molecule has 3 heterocycles. The van der Waals surface area contributed by atoms with Crippen molar-refractivity contribution in [3.63, 3.8) is 0 Å². The van der Waals surface area contributed by atoms with Gasteiger partial charge in [0.05, 0.1) is 12.6 Å². The van der Waals surface area contributed by atoms with Gasteiger partial charge in [0.1, 0.15) is 6.04 Å². The average molecular weight is 377 g/mol. The number of carbonyl (C=O) groups excluding carboxylic acids is 1. The number of aliphatic hydroxyl groups excluding tert-OH is 1. The first-order chi connectivity index (χ1) is 11.9. The van der Waals surface area contributed by atoms with Gasteiger partial charge in [-0.1, -0.05) is 0 Å². The van der Waals surface area contributed by atoms with Crippen molar-refractivity contribution < 1.29 is 31.6 Å². The zero-order valence-electron chi connectivity index (χ0n) is 13.2. The van der Waals surface area contributed by atoms with Crippen LogP contribution in [0, 0.1) is 0 Å². The van der Waals surface area contributed by atoms with E-state index < -0.39 is 28.5 Å². The van der Waals surface area contributed by atoms with Crippen molar-refractivity contribution in [2.45, 2.75) is 31.3 Å². The van der Waals surface area contributed by atoms with E-state index in [4.69, 9.17) is 14.1 Å². The van der Waals surface area contributed by atoms with E-state index >= 15 is 0 Å². The van der Waals surface area contributed by atoms with Crippen LogP contribution in [0.15, 0.2) is 4.42 Å². The number of nitrogens with zero attached hydrogens (tertiary/aromatic N) is 4. The van der Waals surface area contributed by atoms with Crippen LogP contribution >= 0.6 is 0 Å². The second-order valence-corrected chi connectivity index (χ2v) is 6.77. The first kappa shape index (κ1) is 18.0. The number of hydroxylamine groups is 2. The maximum absolute atomic E-state index is 12.3. The molecule has 0 spiro atoms. The summed E-state index contributed by atoms with van der Waals surface area (Å²) in [6.45, 7) is 1.32. The van der Waals surface area contributed by atoms with E-state index in [1.54, 1.807) is 0 Å². The Morgan fingerprint density at radius 3 is 2.84 bits per heavy atom. The Kier molecular flexibility index (Phi) is 5.19. The first-order valence-corrected chi connectivity index (χ1v) is 9.16. The Bertz CT molecular complexity index is 723. The molecule has 2 saturated heterocycles. The highest BCUT2D eigenvalue weighted by Gasteiger charge is 2.49. The van der Waals surface area contributed by atoms with Gasteiger partial charge in [0.15, 0.2) is 0 Å². The van der Waals surface area contributed by atoms with Crippen molar-refractivity contribution in [3.05, 3.63) is 11.8 Å². The monoisotopic (exact) mass is 377 g/mol. The number of hydrogen-bond donors (Lipinski definition) is 3. The quantitative estimate of drug-likeness (QED) is 0.374. The van der Waals surface area contributed by atoms with E-state index in [1.807, 2.05) is 0 Å². The molecule has 2 aliphatic heterocycles. The smallest absolute Gasteiger partial charge is 0.418 e. The number of carbonyl (C=O) groups is 1. The highest BCUT2D eigenvalue weighted by Crippen LogP contribution is 2.38. The van der Waals surface area contributed by atoms with Crippen LogP contribution in [-0.2, 0) is 21.1 Å². The third kappa shape index (κ3) is 4.07. The highest BCUT2D eigenvalue weighted by atomic mass is 32.3. The molecule has 12 nitrogen and oxygen atoms in total. The molecule has 2 bridgehead atoms. The van der Waals surface area contributed by atoms with Gasteiger partial charge in [-0.3, -0.25) is 4.55 Å². The van der Waals surface area contributed by atoms with E-state index in [9.17, 15) is 13.2 Å². The summed E-state index contributed by atoms with van der Waals surface area (Å²) in [5.41, 5.74) is 0. The van der Waals surface area contributed by atoms with Gasteiger partial charge in [-0.25, -0.2) is 4.79 Å². The largest absolute Gasteiger partial charge is 0.423 e. The van der Waals surface area contributed by atoms with E-state index in [-0.39, 0.29) is 19.0 Å². The molecule has 0 radical (unpaired) electrons. The molecular formula is C12H19N5O7S. The predicted molar refractivity (Wildman–Crippen MR) is 80.3 cm³/mol. The van der Waals surface area contributed by atoms with E-state index in [1.165, 1.54) is 4.90 Å². The Morgan fingerprint density at radius 1 is 1.32 bits per heavy atom. The Balaban J connectivity index is 1.65. The summed E-state index contributed by atoms with van der Waals surface area (Å²) >= 11 is 0. The molecule has 140 valence electrons. The molecule has 13 heteroatoms. The fraction of sp³-hybridized carbons (Fsp3) is 0.750. The second-order valence-electron chi connectivity index (χ2n) is 5.77. The van der Waals surface area contributed by atoms with Gasteiger partial charge < -0.3 is 19.7 Å². The van der Waals surface area contributed by atoms with Gasteiger partial charge in [-0.2, -0.15) is 13.5 Å². The normalized spacial score (nSPS) is 23.5. The molecule has 2 fully saturated rings. The van der Waals surface area contributed by atoms with E-state index in [0.29, 0.717) is 43.3 Å². The summed E-state index contributed by atoms with van der Waals surface area (Å²) in [4.78, 5) is 13.7. The molecule has 0 aliphatic carbocycles. The minimum Gasteiger partial charge on any atom is -0.423 e. The standard InChI is InChI=1S/C12H19N5O7S/c18-6-5-13-4-3-10-14-15-11(23-10)9-2-1-8-7-16(9)12(19)17(8)24-25(20,21)22/h8-9,13,18H,1-7H2,(H,20,21,22). The molecule has 3 N–H and O–H groups in total. The molecule has 25 heavy (non-hydrogen) atoms. The van der Waals surface area contributed by atoms with E-state index in [2.05, 4.69) is 19.8 Å². The zero-order valence-corrected chi connectivity index (χ0v) is 14.1. The van der Waals surface area contributed by atoms with Crippen LogP contribution in [0.25, 0.3) is 0 Å². The summed E-state index contributed by atoms with van der Waals surface area (Å²) < 4.78 is 40.5. The number of aliphatic hydroxyl groups is 1. The maximum atomic E-state index is 12.3. The van der Waals surface area contributed by atoms with Crippen LogP contribution in [-0.4, -0.2) is 76.6 Å². The summed E-state index contributed by atoms with van der Waals surface area (Å²) in [6, 6.07) is -1.60. The molecule has 1 aromatic heterocycles. The molecule has 1 aromatic rings. The van der Waals surface area contributed by atoms with Crippen LogP contribution in [0.2, 0.25) is 0 Å². The van der Waals surface area contributed by atoms with Crippen molar-refractivity contribution in [2.24, 2.45) is 0 Å². The number of hydrogen-bond acceptors (Lipinski definition) is 9. The first-order valence-electron chi connectivity index (χ1n) is 7.79. The number of nitrogens with one attached hydrogen (secondary N) is 1. The number of urea groups is 1. The third-order valence-corrected chi connectivity index (χ3v) is 4.42. The lowest BCUT2D eigenvalue weighted by molar-refractivity contribution is -0.0317. The van der Waals surface area contributed by atoms with Crippen molar-refractivity contribution in [1.82, 2.24) is 25.5 Å². The topological polar surface area (TPSA) is 158 Å². The number of fused-ring (bicyclic) bond motifs is 2. The Hall–Kier alpha value is -1.80. The van der Waals surface area contributed by atoms with Crippen molar-refractivity contribution in [2.75, 3.05) is 26.2 Å². The predicted octanol–water partition coefficient (Wildman–Crippen LogP) is -1.13. The van der Waals surface area contributed by atoms with Crippen LogP contribution in [0.5, 0.6) is 0 Å². The minimum atomic E-state index is -4.77. The SMILES string of the molecule is O=C1N2CC(CCC2c2nnc(CCNCCO)o2)N1OS(=O)(=O)O. The second kappa shape index (κ2) is 7.21. The lowest BCUT2D eigenvalue weighted by atomic mass is 10.0. The van der Waals surface area contributed by atoms with Gasteiger partial charge in [0.25, 0.3) is 0 Å². The van der Waals surface area contributed by atoms with Gasteiger partial charge in [-0.15, -0.1) is 14.5 Å². The van der Waals surface area contributed by atoms with Crippen molar-refractivity contribution >= 4 is 16.4 Å². The fourth-order valence-electron chi connectivity index (χ4n) is 2.99. The van der Waals surface area contributed by atoms with Gasteiger partial charge in [0, 0.05) is 26.1 Å². The molecule has 2 aliphatic rings. The third-order valence-electron chi connectivity index (χ3n) is 4.07. The molecule has 2 amide bonds. The van der Waals surface area contributed by atoms with Crippen LogP contribution < -0.4 is 5.32 Å². The van der Waals surface area contributed by atoms with Crippen LogP contribution in [0.3, 0.4) is 0 Å². The lowest BCUT2D eigenvalue weighted by Crippen LogP contribution is -2.35. The molecule has 0 saturated carbocycles. The van der Waals surface area contributed by atoms with Crippen LogP contribution in [0.1, 0.15) is 30.7 Å². The van der Waals surface area contributed by atoms with Gasteiger partial charge >= 0.3 is 16.4 Å². The summed E-state index contributed by atoms with van der Waals surface area (Å²) in [5, 5.41) is 20.3. The summed E-state index contributed by atoms with van der Waals surface area (Å²) in [7, 11) is -4.77. The summed E-state index contributed by atoms with van der Waals surface area (Å²) in [5.74, 6) is 0.679. The number of amides is 2. The molecule has 2 unspecified atom stereocenters. The Labute approximate surface area is 143 Å². The van der Waals surface area contributed by atoms with Gasteiger partial charge in [-0.05, 0) is 12.8 Å². The summed E-state index contributed by atoms with van der Waals surface area (Å²) in [6.07, 6.45) is 1.46. The highest BCUT2D eigenvalue weighted by molar-refractivity contribution is 7.80. The van der Waals surface area contributed by atoms with Crippen LogP contribution in [0.4, 0.5) is 4.79 Å². The zero-order chi connectivity index (χ0) is 18.0. The maximum Gasteiger partial charge on any atom is 0.418 e. The fourth-order valence-corrected chi connectivity index (χ4v) is 3.38. The molecule has 0 aromatic carbocycles. The minimum absolute atomic E-state index is 0.0392. The number of aromatic nitrogens is 2. The van der Waals surface area contributed by atoms with Crippen molar-refractivity contribution in [1.29, 1.82) is 0 Å².